The molecular formula is C23H20ClN3O2S2. The van der Waals surface area contributed by atoms with Crippen molar-refractivity contribution in [2.24, 2.45) is 0 Å². The van der Waals surface area contributed by atoms with E-state index in [1.807, 2.05) is 62.5 Å². The van der Waals surface area contributed by atoms with Crippen LogP contribution in [-0.2, 0) is 4.79 Å². The van der Waals surface area contributed by atoms with Crippen molar-refractivity contribution in [3.8, 4) is 5.69 Å². The monoisotopic (exact) mass is 469 g/mol. The smallest absolute Gasteiger partial charge is 0.276 e. The van der Waals surface area contributed by atoms with Crippen LogP contribution in [0.15, 0.2) is 57.8 Å². The number of para-hydroxylation sites is 1. The minimum Gasteiger partial charge on any atom is -0.324 e. The van der Waals surface area contributed by atoms with E-state index in [9.17, 15) is 9.59 Å². The summed E-state index contributed by atoms with van der Waals surface area (Å²) in [4.78, 5) is 30.6. The van der Waals surface area contributed by atoms with Crippen molar-refractivity contribution in [3.05, 3.63) is 79.9 Å². The van der Waals surface area contributed by atoms with Gasteiger partial charge in [-0.15, -0.1) is 11.3 Å². The summed E-state index contributed by atoms with van der Waals surface area (Å²) in [6.45, 7) is 5.87. The predicted octanol–water partition coefficient (Wildman–Crippen LogP) is 5.76. The van der Waals surface area contributed by atoms with E-state index in [-0.39, 0.29) is 17.2 Å². The summed E-state index contributed by atoms with van der Waals surface area (Å²) in [5, 5.41) is 5.69. The van der Waals surface area contributed by atoms with E-state index in [2.05, 4.69) is 10.3 Å². The molecular weight excluding hydrogens is 450 g/mol. The highest BCUT2D eigenvalue weighted by molar-refractivity contribution is 7.99. The Morgan fingerprint density at radius 3 is 2.71 bits per heavy atom. The molecule has 0 fully saturated rings. The van der Waals surface area contributed by atoms with Crippen LogP contribution in [0.2, 0.25) is 5.02 Å². The van der Waals surface area contributed by atoms with E-state index in [1.54, 1.807) is 10.6 Å². The summed E-state index contributed by atoms with van der Waals surface area (Å²) >= 11 is 8.82. The molecule has 1 amide bonds. The third kappa shape index (κ3) is 4.39. The van der Waals surface area contributed by atoms with Crippen molar-refractivity contribution >= 4 is 56.5 Å². The second kappa shape index (κ2) is 8.86. The van der Waals surface area contributed by atoms with Gasteiger partial charge in [0.1, 0.15) is 4.70 Å². The van der Waals surface area contributed by atoms with Gasteiger partial charge < -0.3 is 5.32 Å². The zero-order valence-electron chi connectivity index (χ0n) is 17.2. The zero-order chi connectivity index (χ0) is 22.1. The summed E-state index contributed by atoms with van der Waals surface area (Å²) in [7, 11) is 0. The van der Waals surface area contributed by atoms with Crippen molar-refractivity contribution in [2.45, 2.75) is 25.9 Å². The van der Waals surface area contributed by atoms with E-state index in [0.29, 0.717) is 26.1 Å². The first-order valence-corrected chi connectivity index (χ1v) is 11.8. The molecule has 1 N–H and O–H groups in total. The number of amides is 1. The summed E-state index contributed by atoms with van der Waals surface area (Å²) in [6.07, 6.45) is 0. The third-order valence-corrected chi connectivity index (χ3v) is 7.01. The highest BCUT2D eigenvalue weighted by Crippen LogP contribution is 2.28. The molecule has 4 rings (SSSR count). The van der Waals surface area contributed by atoms with Gasteiger partial charge in [-0.3, -0.25) is 14.2 Å². The van der Waals surface area contributed by atoms with E-state index in [0.717, 1.165) is 22.4 Å². The molecule has 2 aromatic heterocycles. The number of carbonyl (C=O) groups excluding carboxylic acids is 1. The number of fused-ring (bicyclic) bond motifs is 1. The molecule has 0 atom stereocenters. The van der Waals surface area contributed by atoms with Gasteiger partial charge >= 0.3 is 0 Å². The Hall–Kier alpha value is -2.61. The molecule has 4 aromatic rings. The van der Waals surface area contributed by atoms with Gasteiger partial charge in [-0.1, -0.05) is 53.2 Å². The number of hydrogen-bond donors (Lipinski definition) is 1. The molecule has 0 unspecified atom stereocenters. The highest BCUT2D eigenvalue weighted by Gasteiger charge is 2.17. The first-order chi connectivity index (χ1) is 14.8. The van der Waals surface area contributed by atoms with Crippen molar-refractivity contribution in [1.82, 2.24) is 9.55 Å². The van der Waals surface area contributed by atoms with Crippen LogP contribution in [0.5, 0.6) is 0 Å². The Labute approximate surface area is 193 Å². The van der Waals surface area contributed by atoms with E-state index >= 15 is 0 Å². The number of benzene rings is 2. The molecule has 0 aliphatic heterocycles. The largest absolute Gasteiger partial charge is 0.324 e. The Morgan fingerprint density at radius 1 is 1.16 bits per heavy atom. The fourth-order valence-electron chi connectivity index (χ4n) is 3.35. The van der Waals surface area contributed by atoms with Gasteiger partial charge in [0.25, 0.3) is 5.56 Å². The van der Waals surface area contributed by atoms with Gasteiger partial charge in [-0.05, 0) is 55.5 Å². The van der Waals surface area contributed by atoms with E-state index in [4.69, 9.17) is 11.6 Å². The van der Waals surface area contributed by atoms with Gasteiger partial charge in [-0.2, -0.15) is 0 Å². The summed E-state index contributed by atoms with van der Waals surface area (Å²) < 4.78 is 2.20. The average Bonchev–Trinajstić information content (AvgIpc) is 3.19. The number of nitrogens with zero attached hydrogens (tertiary/aromatic N) is 2. The minimum absolute atomic E-state index is 0.0949. The van der Waals surface area contributed by atoms with Crippen LogP contribution in [0.4, 0.5) is 5.69 Å². The lowest BCUT2D eigenvalue weighted by atomic mass is 10.1. The van der Waals surface area contributed by atoms with Crippen LogP contribution in [0.25, 0.3) is 15.9 Å². The molecule has 0 saturated heterocycles. The lowest BCUT2D eigenvalue weighted by Crippen LogP contribution is -2.23. The molecule has 0 spiro atoms. The van der Waals surface area contributed by atoms with E-state index in [1.165, 1.54) is 23.1 Å². The Bertz CT molecular complexity index is 1340. The molecule has 0 aliphatic rings. The average molecular weight is 470 g/mol. The van der Waals surface area contributed by atoms with Crippen LogP contribution in [0, 0.1) is 20.8 Å². The number of thiophene rings is 1. The SMILES string of the molecule is Cc1ccc(-n2c(SCC(=O)Nc3c(C)cccc3Cl)nc3ccsc3c2=O)c(C)c1. The number of thioether (sulfide) groups is 1. The second-order valence-electron chi connectivity index (χ2n) is 7.23. The fourth-order valence-corrected chi connectivity index (χ4v) is 5.19. The molecule has 0 radical (unpaired) electrons. The first kappa shape index (κ1) is 21.6. The van der Waals surface area contributed by atoms with Crippen molar-refractivity contribution in [3.63, 3.8) is 0 Å². The first-order valence-electron chi connectivity index (χ1n) is 9.61. The molecule has 2 heterocycles. The topological polar surface area (TPSA) is 64.0 Å². The van der Waals surface area contributed by atoms with Crippen LogP contribution in [-0.4, -0.2) is 21.2 Å². The lowest BCUT2D eigenvalue weighted by molar-refractivity contribution is -0.113. The molecule has 0 saturated carbocycles. The number of aryl methyl sites for hydroxylation is 3. The molecule has 8 heteroatoms. The van der Waals surface area contributed by atoms with Crippen molar-refractivity contribution < 1.29 is 4.79 Å². The van der Waals surface area contributed by atoms with Crippen LogP contribution in [0.3, 0.4) is 0 Å². The Kier molecular flexibility index (Phi) is 6.18. The van der Waals surface area contributed by atoms with Gasteiger partial charge in [0.2, 0.25) is 5.91 Å². The normalized spacial score (nSPS) is 11.1. The van der Waals surface area contributed by atoms with Gasteiger partial charge in [-0.25, -0.2) is 4.98 Å². The van der Waals surface area contributed by atoms with Crippen molar-refractivity contribution in [1.29, 1.82) is 0 Å². The number of anilines is 1. The van der Waals surface area contributed by atoms with Gasteiger partial charge in [0, 0.05) is 0 Å². The minimum atomic E-state index is -0.215. The van der Waals surface area contributed by atoms with Gasteiger partial charge in [0.15, 0.2) is 5.16 Å². The Balaban J connectivity index is 1.68. The lowest BCUT2D eigenvalue weighted by Gasteiger charge is -2.15. The number of rotatable bonds is 5. The summed E-state index contributed by atoms with van der Waals surface area (Å²) in [6, 6.07) is 13.2. The maximum atomic E-state index is 13.3. The summed E-state index contributed by atoms with van der Waals surface area (Å²) in [5.74, 6) is -0.120. The maximum absolute atomic E-state index is 13.3. The predicted molar refractivity (Wildman–Crippen MR) is 130 cm³/mol. The van der Waals surface area contributed by atoms with Gasteiger partial charge in [0.05, 0.1) is 27.7 Å². The molecule has 31 heavy (non-hydrogen) atoms. The maximum Gasteiger partial charge on any atom is 0.276 e. The van der Waals surface area contributed by atoms with Crippen LogP contribution in [0.1, 0.15) is 16.7 Å². The number of aromatic nitrogens is 2. The standard InChI is InChI=1S/C23H20ClN3O2S2/c1-13-7-8-18(15(3)11-13)27-22(29)21-17(9-10-30-21)25-23(27)31-12-19(28)26-20-14(2)5-4-6-16(20)24/h4-11H,12H2,1-3H3,(H,26,28). The molecule has 2 aromatic carbocycles. The number of carbonyl (C=O) groups is 1. The third-order valence-electron chi connectivity index (χ3n) is 4.86. The fraction of sp³-hybridized carbons (Fsp3) is 0.174. The second-order valence-corrected chi connectivity index (χ2v) is 9.49. The number of nitrogens with one attached hydrogen (secondary N) is 1. The molecule has 0 bridgehead atoms. The summed E-state index contributed by atoms with van der Waals surface area (Å²) in [5.41, 5.74) is 4.85. The zero-order valence-corrected chi connectivity index (χ0v) is 19.6. The highest BCUT2D eigenvalue weighted by atomic mass is 35.5. The number of hydrogen-bond acceptors (Lipinski definition) is 5. The quantitative estimate of drug-likeness (QED) is 0.298. The molecule has 158 valence electrons. The van der Waals surface area contributed by atoms with Crippen LogP contribution < -0.4 is 10.9 Å². The number of halogens is 1. The van der Waals surface area contributed by atoms with Crippen LogP contribution >= 0.6 is 34.7 Å². The van der Waals surface area contributed by atoms with E-state index < -0.39 is 0 Å². The Morgan fingerprint density at radius 2 is 1.97 bits per heavy atom. The molecule has 5 nitrogen and oxygen atoms in total. The van der Waals surface area contributed by atoms with Crippen molar-refractivity contribution in [2.75, 3.05) is 11.1 Å². The molecule has 0 aliphatic carbocycles.